The number of aryl methyl sites for hydroxylation is 2. The number of rotatable bonds is 7. The molecule has 4 aliphatic rings. The van der Waals surface area contributed by atoms with Gasteiger partial charge in [0.2, 0.25) is 0 Å². The average Bonchev–Trinajstić information content (AvgIpc) is 3.43. The molecule has 0 aromatic heterocycles. The smallest absolute Gasteiger partial charge is 0.410 e. The van der Waals surface area contributed by atoms with Crippen LogP contribution in [0.5, 0.6) is 0 Å². The summed E-state index contributed by atoms with van der Waals surface area (Å²) in [6.07, 6.45) is 6.58. The number of unbranched alkanes of at least 4 members (excludes halogenated alkanes) is 1. The van der Waals surface area contributed by atoms with Gasteiger partial charge in [0.05, 0.1) is 19.8 Å². The fourth-order valence-electron chi connectivity index (χ4n) is 7.00. The number of ether oxygens (including phenoxy) is 3. The minimum absolute atomic E-state index is 0.169. The van der Waals surface area contributed by atoms with Crippen LogP contribution in [0.2, 0.25) is 0 Å². The highest BCUT2D eigenvalue weighted by Gasteiger charge is 2.50. The van der Waals surface area contributed by atoms with Crippen LogP contribution in [-0.2, 0) is 14.2 Å². The number of likely N-dealkylation sites (tertiary alicyclic amines) is 2. The standard InChI is InChI=1S/C30H45N3O5/c1-4-5-9-24-20-33(21-26-36-18-19-37-26)29(35)38-30(24)12-16-31(17-13-30)25-10-14-32(15-11-25)28(34)27-22(2)7-6-8-23(27)3/h6-8,24-26H,4-5,9-21H2,1-3H3. The second-order valence-corrected chi connectivity index (χ2v) is 11.7. The van der Waals surface area contributed by atoms with Crippen LogP contribution >= 0.6 is 0 Å². The Balaban J connectivity index is 1.16. The summed E-state index contributed by atoms with van der Waals surface area (Å²) in [5, 5.41) is 0. The topological polar surface area (TPSA) is 71.6 Å². The van der Waals surface area contributed by atoms with E-state index < -0.39 is 0 Å². The number of amides is 2. The molecule has 2 amide bonds. The van der Waals surface area contributed by atoms with Crippen LogP contribution in [0.1, 0.15) is 73.4 Å². The van der Waals surface area contributed by atoms with E-state index in [-0.39, 0.29) is 23.9 Å². The molecule has 1 unspecified atom stereocenters. The van der Waals surface area contributed by atoms with Gasteiger partial charge < -0.3 is 24.0 Å². The molecule has 1 aromatic rings. The first-order chi connectivity index (χ1) is 18.4. The highest BCUT2D eigenvalue weighted by atomic mass is 16.7. The van der Waals surface area contributed by atoms with Gasteiger partial charge in [-0.25, -0.2) is 4.79 Å². The molecule has 5 rings (SSSR count). The van der Waals surface area contributed by atoms with Crippen molar-refractivity contribution in [3.63, 3.8) is 0 Å². The molecule has 0 aliphatic carbocycles. The Bertz CT molecular complexity index is 958. The lowest BCUT2D eigenvalue weighted by molar-refractivity contribution is -0.139. The number of hydrogen-bond donors (Lipinski definition) is 0. The van der Waals surface area contributed by atoms with Gasteiger partial charge in [-0.05, 0) is 44.2 Å². The lowest BCUT2D eigenvalue weighted by atomic mass is 9.75. The van der Waals surface area contributed by atoms with Gasteiger partial charge in [-0.15, -0.1) is 0 Å². The molecule has 38 heavy (non-hydrogen) atoms. The quantitative estimate of drug-likeness (QED) is 0.524. The highest BCUT2D eigenvalue weighted by Crippen LogP contribution is 2.41. The lowest BCUT2D eigenvalue weighted by Crippen LogP contribution is -2.62. The van der Waals surface area contributed by atoms with E-state index >= 15 is 0 Å². The molecule has 4 heterocycles. The van der Waals surface area contributed by atoms with Gasteiger partial charge in [0.25, 0.3) is 5.91 Å². The van der Waals surface area contributed by atoms with Gasteiger partial charge in [-0.2, -0.15) is 0 Å². The summed E-state index contributed by atoms with van der Waals surface area (Å²) in [7, 11) is 0. The molecule has 210 valence electrons. The monoisotopic (exact) mass is 527 g/mol. The van der Waals surface area contributed by atoms with Gasteiger partial charge in [0, 0.05) is 63.1 Å². The summed E-state index contributed by atoms with van der Waals surface area (Å²) < 4.78 is 17.5. The number of carbonyl (C=O) groups is 2. The molecular weight excluding hydrogens is 482 g/mol. The van der Waals surface area contributed by atoms with E-state index in [2.05, 4.69) is 11.8 Å². The lowest BCUT2D eigenvalue weighted by Gasteiger charge is -2.52. The first kappa shape index (κ1) is 27.4. The highest BCUT2D eigenvalue weighted by molar-refractivity contribution is 5.97. The predicted molar refractivity (Wildman–Crippen MR) is 145 cm³/mol. The van der Waals surface area contributed by atoms with Crippen molar-refractivity contribution < 1.29 is 23.8 Å². The van der Waals surface area contributed by atoms with Gasteiger partial charge in [-0.1, -0.05) is 38.0 Å². The minimum atomic E-state index is -0.365. The predicted octanol–water partition coefficient (Wildman–Crippen LogP) is 4.37. The number of benzene rings is 1. The van der Waals surface area contributed by atoms with Crippen molar-refractivity contribution in [2.45, 2.75) is 83.6 Å². The molecule has 8 nitrogen and oxygen atoms in total. The third kappa shape index (κ3) is 5.73. The van der Waals surface area contributed by atoms with Gasteiger partial charge in [-0.3, -0.25) is 9.69 Å². The Morgan fingerprint density at radius 1 is 1.03 bits per heavy atom. The summed E-state index contributed by atoms with van der Waals surface area (Å²) in [4.78, 5) is 32.7. The number of nitrogens with zero attached hydrogens (tertiary/aromatic N) is 3. The summed E-state index contributed by atoms with van der Waals surface area (Å²) >= 11 is 0. The Kier molecular flexibility index (Phi) is 8.60. The summed E-state index contributed by atoms with van der Waals surface area (Å²) in [5.41, 5.74) is 2.61. The van der Waals surface area contributed by atoms with Crippen LogP contribution in [0.25, 0.3) is 0 Å². The molecule has 1 atom stereocenters. The number of piperidine rings is 2. The van der Waals surface area contributed by atoms with Gasteiger partial charge in [0.1, 0.15) is 5.60 Å². The summed E-state index contributed by atoms with van der Waals surface area (Å²) in [5.74, 6) is 0.503. The number of hydrogen-bond acceptors (Lipinski definition) is 6. The molecule has 4 saturated heterocycles. The van der Waals surface area contributed by atoms with E-state index in [1.54, 1.807) is 4.90 Å². The van der Waals surface area contributed by atoms with Crippen LogP contribution in [0, 0.1) is 19.8 Å². The third-order valence-electron chi connectivity index (χ3n) is 9.31. The minimum Gasteiger partial charge on any atom is -0.442 e. The SMILES string of the molecule is CCCCC1CN(CC2OCCO2)C(=O)OC12CCN(C1CCN(C(=O)c3c(C)cccc3C)CC1)CC2. The number of carbonyl (C=O) groups excluding carboxylic acids is 2. The molecule has 1 aromatic carbocycles. The van der Waals surface area contributed by atoms with Crippen molar-refractivity contribution >= 4 is 12.0 Å². The van der Waals surface area contributed by atoms with Gasteiger partial charge in [0.15, 0.2) is 6.29 Å². The van der Waals surface area contributed by atoms with Crippen molar-refractivity contribution in [2.24, 2.45) is 5.92 Å². The molecule has 0 saturated carbocycles. The van der Waals surface area contributed by atoms with E-state index in [1.807, 2.05) is 36.9 Å². The Labute approximate surface area is 227 Å². The Hall–Kier alpha value is -2.16. The van der Waals surface area contributed by atoms with Crippen molar-refractivity contribution in [1.82, 2.24) is 14.7 Å². The molecule has 0 bridgehead atoms. The largest absolute Gasteiger partial charge is 0.442 e. The van der Waals surface area contributed by atoms with Gasteiger partial charge >= 0.3 is 6.09 Å². The van der Waals surface area contributed by atoms with Crippen molar-refractivity contribution in [3.05, 3.63) is 34.9 Å². The van der Waals surface area contributed by atoms with Crippen molar-refractivity contribution in [1.29, 1.82) is 0 Å². The van der Waals surface area contributed by atoms with E-state index in [4.69, 9.17) is 14.2 Å². The fraction of sp³-hybridized carbons (Fsp3) is 0.733. The van der Waals surface area contributed by atoms with E-state index in [1.165, 1.54) is 0 Å². The van der Waals surface area contributed by atoms with Crippen molar-refractivity contribution in [3.8, 4) is 0 Å². The van der Waals surface area contributed by atoms with Crippen LogP contribution in [0.4, 0.5) is 4.79 Å². The van der Waals surface area contributed by atoms with Crippen LogP contribution in [-0.4, -0.2) is 97.1 Å². The Morgan fingerprint density at radius 3 is 2.32 bits per heavy atom. The normalized spacial score (nSPS) is 25.2. The molecule has 4 fully saturated rings. The molecular formula is C30H45N3O5. The van der Waals surface area contributed by atoms with Crippen LogP contribution in [0.3, 0.4) is 0 Å². The van der Waals surface area contributed by atoms with Crippen molar-refractivity contribution in [2.75, 3.05) is 52.5 Å². The zero-order chi connectivity index (χ0) is 26.7. The van der Waals surface area contributed by atoms with Crippen LogP contribution in [0.15, 0.2) is 18.2 Å². The van der Waals surface area contributed by atoms with Crippen LogP contribution < -0.4 is 0 Å². The first-order valence-electron chi connectivity index (χ1n) is 14.7. The van der Waals surface area contributed by atoms with E-state index in [9.17, 15) is 9.59 Å². The second kappa shape index (κ2) is 11.9. The molecule has 1 spiro atoms. The Morgan fingerprint density at radius 2 is 1.68 bits per heavy atom. The first-order valence-corrected chi connectivity index (χ1v) is 14.7. The maximum Gasteiger partial charge on any atom is 0.410 e. The molecule has 0 N–H and O–H groups in total. The average molecular weight is 528 g/mol. The molecule has 4 aliphatic heterocycles. The fourth-order valence-corrected chi connectivity index (χ4v) is 7.00. The molecule has 8 heteroatoms. The summed E-state index contributed by atoms with van der Waals surface area (Å²) in [6, 6.07) is 6.55. The maximum absolute atomic E-state index is 13.3. The third-order valence-corrected chi connectivity index (χ3v) is 9.31. The zero-order valence-electron chi connectivity index (χ0n) is 23.5. The summed E-state index contributed by atoms with van der Waals surface area (Å²) in [6.45, 7) is 12.1. The van der Waals surface area contributed by atoms with E-state index in [0.717, 1.165) is 94.4 Å². The zero-order valence-corrected chi connectivity index (χ0v) is 23.5. The second-order valence-electron chi connectivity index (χ2n) is 11.7. The molecule has 0 radical (unpaired) electrons. The maximum atomic E-state index is 13.3. The van der Waals surface area contributed by atoms with E-state index in [0.29, 0.717) is 31.7 Å².